The number of ether oxygens (including phenoxy) is 2. The molecule has 5 nitrogen and oxygen atoms in total. The van der Waals surface area contributed by atoms with Crippen LogP contribution in [0.5, 0.6) is 0 Å². The van der Waals surface area contributed by atoms with Crippen molar-refractivity contribution in [2.75, 3.05) is 12.4 Å². The molecular formula is C11H16N2O3. The summed E-state index contributed by atoms with van der Waals surface area (Å²) in [5.41, 5.74) is 0.811. The van der Waals surface area contributed by atoms with Gasteiger partial charge < -0.3 is 14.8 Å². The molecule has 0 fully saturated rings. The number of pyridine rings is 1. The van der Waals surface area contributed by atoms with Crippen molar-refractivity contribution >= 4 is 12.0 Å². The van der Waals surface area contributed by atoms with Crippen molar-refractivity contribution in [3.8, 4) is 0 Å². The van der Waals surface area contributed by atoms with E-state index in [4.69, 9.17) is 9.47 Å². The molecule has 0 saturated carbocycles. The third-order valence-electron chi connectivity index (χ3n) is 1.81. The lowest BCUT2D eigenvalue weighted by Gasteiger charge is -2.10. The van der Waals surface area contributed by atoms with Crippen LogP contribution in [0.2, 0.25) is 0 Å². The fourth-order valence-corrected chi connectivity index (χ4v) is 1.14. The maximum absolute atomic E-state index is 11.1. The fraction of sp³-hybridized carbons (Fsp3) is 0.455. The van der Waals surface area contributed by atoms with Crippen molar-refractivity contribution < 1.29 is 14.3 Å². The average Bonchev–Trinajstić information content (AvgIpc) is 2.26. The molecule has 0 aliphatic heterocycles. The van der Waals surface area contributed by atoms with Gasteiger partial charge in [-0.1, -0.05) is 6.07 Å². The lowest BCUT2D eigenvalue weighted by atomic mass is 10.3. The number of carbonyl (C=O) groups is 1. The van der Waals surface area contributed by atoms with Gasteiger partial charge in [-0.15, -0.1) is 0 Å². The molecule has 0 aromatic carbocycles. The second-order valence-electron chi connectivity index (χ2n) is 3.47. The third-order valence-corrected chi connectivity index (χ3v) is 1.81. The van der Waals surface area contributed by atoms with E-state index < -0.39 is 6.16 Å². The highest BCUT2D eigenvalue weighted by Gasteiger charge is 2.08. The average molecular weight is 224 g/mol. The summed E-state index contributed by atoms with van der Waals surface area (Å²) in [4.78, 5) is 15.2. The number of rotatable bonds is 4. The molecule has 16 heavy (non-hydrogen) atoms. The first-order chi connectivity index (χ1) is 7.63. The smallest absolute Gasteiger partial charge is 0.432 e. The standard InChI is InChI=1S/C11H16N2O3/c1-8(2)16-11(14)15-7-9-5-4-6-13-10(9)12-3/h4-6,8H,7H2,1-3H3,(H,12,13). The molecule has 1 aromatic rings. The molecule has 1 rings (SSSR count). The van der Waals surface area contributed by atoms with Crippen LogP contribution in [0.4, 0.5) is 10.6 Å². The van der Waals surface area contributed by atoms with Gasteiger partial charge in [0, 0.05) is 18.8 Å². The molecule has 5 heteroatoms. The quantitative estimate of drug-likeness (QED) is 0.794. The Bertz CT molecular complexity index is 353. The van der Waals surface area contributed by atoms with Gasteiger partial charge in [-0.05, 0) is 19.9 Å². The van der Waals surface area contributed by atoms with Crippen molar-refractivity contribution in [1.82, 2.24) is 4.98 Å². The van der Waals surface area contributed by atoms with Gasteiger partial charge in [0.2, 0.25) is 0 Å². The minimum absolute atomic E-state index is 0.148. The number of carbonyl (C=O) groups excluding carboxylic acids is 1. The van der Waals surface area contributed by atoms with E-state index in [1.165, 1.54) is 0 Å². The minimum atomic E-state index is -0.666. The zero-order chi connectivity index (χ0) is 12.0. The maximum atomic E-state index is 11.1. The number of aromatic nitrogens is 1. The summed E-state index contributed by atoms with van der Waals surface area (Å²) in [6, 6.07) is 3.62. The normalized spacial score (nSPS) is 10.0. The molecule has 0 aliphatic rings. The largest absolute Gasteiger partial charge is 0.508 e. The summed E-state index contributed by atoms with van der Waals surface area (Å²) in [5.74, 6) is 0.694. The lowest BCUT2D eigenvalue weighted by molar-refractivity contribution is 0.0299. The third kappa shape index (κ3) is 3.76. The summed E-state index contributed by atoms with van der Waals surface area (Å²) in [7, 11) is 1.76. The van der Waals surface area contributed by atoms with E-state index in [9.17, 15) is 4.79 Å². The van der Waals surface area contributed by atoms with Crippen LogP contribution in [-0.4, -0.2) is 24.3 Å². The van der Waals surface area contributed by atoms with E-state index in [0.717, 1.165) is 5.56 Å². The van der Waals surface area contributed by atoms with Crippen molar-refractivity contribution in [1.29, 1.82) is 0 Å². The van der Waals surface area contributed by atoms with Gasteiger partial charge in [-0.25, -0.2) is 9.78 Å². The van der Waals surface area contributed by atoms with E-state index in [1.54, 1.807) is 33.2 Å². The van der Waals surface area contributed by atoms with E-state index >= 15 is 0 Å². The highest BCUT2D eigenvalue weighted by Crippen LogP contribution is 2.12. The molecule has 0 amide bonds. The predicted molar refractivity (Wildman–Crippen MR) is 60.2 cm³/mol. The first kappa shape index (κ1) is 12.3. The van der Waals surface area contributed by atoms with E-state index in [0.29, 0.717) is 5.82 Å². The molecule has 1 aromatic heterocycles. The van der Waals surface area contributed by atoms with E-state index in [2.05, 4.69) is 10.3 Å². The highest BCUT2D eigenvalue weighted by molar-refractivity contribution is 5.60. The second-order valence-corrected chi connectivity index (χ2v) is 3.47. The Labute approximate surface area is 94.8 Å². The predicted octanol–water partition coefficient (Wildman–Crippen LogP) is 2.18. The molecule has 0 spiro atoms. The van der Waals surface area contributed by atoms with Crippen LogP contribution in [0, 0.1) is 0 Å². The molecule has 0 unspecified atom stereocenters. The van der Waals surface area contributed by atoms with Crippen LogP contribution in [0.1, 0.15) is 19.4 Å². The van der Waals surface area contributed by atoms with Gasteiger partial charge in [0.1, 0.15) is 12.4 Å². The highest BCUT2D eigenvalue weighted by atomic mass is 16.7. The number of nitrogens with zero attached hydrogens (tertiary/aromatic N) is 1. The van der Waals surface area contributed by atoms with Crippen molar-refractivity contribution in [2.45, 2.75) is 26.6 Å². The van der Waals surface area contributed by atoms with Crippen LogP contribution in [0.3, 0.4) is 0 Å². The Morgan fingerprint density at radius 3 is 2.94 bits per heavy atom. The molecule has 0 bridgehead atoms. The van der Waals surface area contributed by atoms with Crippen molar-refractivity contribution in [3.05, 3.63) is 23.9 Å². The van der Waals surface area contributed by atoms with Gasteiger partial charge in [-0.3, -0.25) is 0 Å². The summed E-state index contributed by atoms with van der Waals surface area (Å²) in [6.07, 6.45) is 0.827. The molecule has 1 heterocycles. The first-order valence-electron chi connectivity index (χ1n) is 5.08. The topological polar surface area (TPSA) is 60.5 Å². The maximum Gasteiger partial charge on any atom is 0.508 e. The summed E-state index contributed by atoms with van der Waals surface area (Å²) in [5, 5.41) is 2.92. The Morgan fingerprint density at radius 2 is 2.31 bits per heavy atom. The van der Waals surface area contributed by atoms with Crippen LogP contribution in [0.15, 0.2) is 18.3 Å². The number of hydrogen-bond acceptors (Lipinski definition) is 5. The second kappa shape index (κ2) is 5.95. The zero-order valence-corrected chi connectivity index (χ0v) is 9.69. The van der Waals surface area contributed by atoms with Crippen LogP contribution >= 0.6 is 0 Å². The van der Waals surface area contributed by atoms with Gasteiger partial charge in [0.05, 0.1) is 6.10 Å². The van der Waals surface area contributed by atoms with Gasteiger partial charge in [0.25, 0.3) is 0 Å². The summed E-state index contributed by atoms with van der Waals surface area (Å²) in [6.45, 7) is 3.68. The summed E-state index contributed by atoms with van der Waals surface area (Å²) < 4.78 is 9.78. The van der Waals surface area contributed by atoms with Gasteiger partial charge in [-0.2, -0.15) is 0 Å². The van der Waals surface area contributed by atoms with Gasteiger partial charge in [0.15, 0.2) is 0 Å². The van der Waals surface area contributed by atoms with Crippen LogP contribution in [-0.2, 0) is 16.1 Å². The zero-order valence-electron chi connectivity index (χ0n) is 9.69. The Balaban J connectivity index is 2.51. The lowest BCUT2D eigenvalue weighted by Crippen LogP contribution is -2.13. The Hall–Kier alpha value is -1.78. The fourth-order valence-electron chi connectivity index (χ4n) is 1.14. The Kier molecular flexibility index (Phi) is 4.57. The number of hydrogen-bond donors (Lipinski definition) is 1. The minimum Gasteiger partial charge on any atom is -0.432 e. The molecule has 88 valence electrons. The van der Waals surface area contributed by atoms with Crippen molar-refractivity contribution in [2.24, 2.45) is 0 Å². The number of anilines is 1. The molecule has 0 saturated heterocycles. The molecule has 0 radical (unpaired) electrons. The Morgan fingerprint density at radius 1 is 1.56 bits per heavy atom. The number of nitrogens with one attached hydrogen (secondary N) is 1. The van der Waals surface area contributed by atoms with Gasteiger partial charge >= 0.3 is 6.16 Å². The van der Waals surface area contributed by atoms with E-state index in [1.807, 2.05) is 6.07 Å². The first-order valence-corrected chi connectivity index (χ1v) is 5.08. The van der Waals surface area contributed by atoms with Crippen LogP contribution < -0.4 is 5.32 Å². The van der Waals surface area contributed by atoms with E-state index in [-0.39, 0.29) is 12.7 Å². The molecule has 1 N–H and O–H groups in total. The van der Waals surface area contributed by atoms with Crippen molar-refractivity contribution in [3.63, 3.8) is 0 Å². The monoisotopic (exact) mass is 224 g/mol. The SMILES string of the molecule is CNc1ncccc1COC(=O)OC(C)C. The molecule has 0 atom stereocenters. The summed E-state index contributed by atoms with van der Waals surface area (Å²) >= 11 is 0. The molecule has 0 aliphatic carbocycles. The van der Waals surface area contributed by atoms with Crippen LogP contribution in [0.25, 0.3) is 0 Å². The molecular weight excluding hydrogens is 208 g/mol.